The van der Waals surface area contributed by atoms with E-state index in [4.69, 9.17) is 0 Å². The van der Waals surface area contributed by atoms with Crippen LogP contribution in [0.25, 0.3) is 0 Å². The average Bonchev–Trinajstić information content (AvgIpc) is 2.50. The molecule has 0 unspecified atom stereocenters. The number of sulfonamides is 1. The molecule has 0 saturated carbocycles. The Kier molecular flexibility index (Phi) is 4.84. The topological polar surface area (TPSA) is 122 Å². The van der Waals surface area contributed by atoms with Crippen molar-refractivity contribution in [2.75, 3.05) is 0 Å². The summed E-state index contributed by atoms with van der Waals surface area (Å²) in [6.45, 7) is 3.44. The van der Waals surface area contributed by atoms with Crippen LogP contribution >= 0.6 is 0 Å². The molecule has 0 bridgehead atoms. The molecule has 0 saturated heterocycles. The van der Waals surface area contributed by atoms with E-state index in [1.165, 1.54) is 12.1 Å². The molecule has 2 aromatic carbocycles. The number of nitrogens with zero attached hydrogens (tertiary/aromatic N) is 2. The van der Waals surface area contributed by atoms with Crippen LogP contribution in [-0.2, 0) is 10.0 Å². The maximum atomic E-state index is 12.3. The highest BCUT2D eigenvalue weighted by Gasteiger charge is 2.16. The zero-order chi connectivity index (χ0) is 17.9. The lowest BCUT2D eigenvalue weighted by Crippen LogP contribution is -2.19. The van der Waals surface area contributed by atoms with Crippen molar-refractivity contribution in [1.29, 1.82) is 0 Å². The van der Waals surface area contributed by atoms with Crippen molar-refractivity contribution in [3.63, 3.8) is 0 Å². The number of nitro benzene ring substituents is 1. The van der Waals surface area contributed by atoms with Gasteiger partial charge < -0.3 is 5.11 Å². The Bertz CT molecular complexity index is 923. The van der Waals surface area contributed by atoms with E-state index >= 15 is 0 Å². The lowest BCUT2D eigenvalue weighted by molar-refractivity contribution is -0.385. The van der Waals surface area contributed by atoms with Crippen molar-refractivity contribution < 1.29 is 18.4 Å². The monoisotopic (exact) mass is 349 g/mol. The summed E-state index contributed by atoms with van der Waals surface area (Å²) in [5, 5.41) is 23.7. The minimum atomic E-state index is -3.85. The molecule has 0 radical (unpaired) electrons. The second-order valence-electron chi connectivity index (χ2n) is 5.13. The molecule has 0 heterocycles. The van der Waals surface area contributed by atoms with E-state index in [2.05, 4.69) is 9.93 Å². The predicted octanol–water partition coefficient (Wildman–Crippen LogP) is 2.23. The number of hydrogen-bond donors (Lipinski definition) is 2. The number of nitrogens with one attached hydrogen (secondary N) is 1. The molecule has 0 aliphatic heterocycles. The number of nitro groups is 1. The predicted molar refractivity (Wildman–Crippen MR) is 88.6 cm³/mol. The Hall–Kier alpha value is -2.94. The smallest absolute Gasteiger partial charge is 0.311 e. The fourth-order valence-electron chi connectivity index (χ4n) is 1.98. The molecule has 0 aliphatic carbocycles. The summed E-state index contributed by atoms with van der Waals surface area (Å²) < 4.78 is 24.5. The van der Waals surface area contributed by atoms with Gasteiger partial charge >= 0.3 is 5.69 Å². The van der Waals surface area contributed by atoms with Gasteiger partial charge in [-0.3, -0.25) is 10.1 Å². The van der Waals surface area contributed by atoms with Crippen LogP contribution in [-0.4, -0.2) is 24.7 Å². The number of phenols is 1. The van der Waals surface area contributed by atoms with Crippen molar-refractivity contribution in [1.82, 2.24) is 4.83 Å². The van der Waals surface area contributed by atoms with Crippen LogP contribution in [0, 0.1) is 24.0 Å². The third-order valence-corrected chi connectivity index (χ3v) is 4.58. The molecular formula is C15H15N3O5S. The van der Waals surface area contributed by atoms with Crippen LogP contribution in [0.2, 0.25) is 0 Å². The van der Waals surface area contributed by atoms with Crippen molar-refractivity contribution in [3.05, 3.63) is 63.2 Å². The van der Waals surface area contributed by atoms with E-state index in [0.29, 0.717) is 5.56 Å². The highest BCUT2D eigenvalue weighted by molar-refractivity contribution is 7.89. The van der Waals surface area contributed by atoms with Crippen LogP contribution in [0.1, 0.15) is 16.7 Å². The summed E-state index contributed by atoms with van der Waals surface area (Å²) in [6.07, 6.45) is 1.12. The van der Waals surface area contributed by atoms with Crippen molar-refractivity contribution in [2.24, 2.45) is 5.10 Å². The summed E-state index contributed by atoms with van der Waals surface area (Å²) >= 11 is 0. The summed E-state index contributed by atoms with van der Waals surface area (Å²) in [6, 6.07) is 8.62. The maximum absolute atomic E-state index is 12.3. The standard InChI is InChI=1S/C15H15N3O5S/c1-10-3-4-11(2)15(7-10)24(22,23)17-16-9-12-5-6-14(19)13(8-12)18(20)21/h3-9,17,19H,1-2H3/b16-9+. The molecule has 24 heavy (non-hydrogen) atoms. The van der Waals surface area contributed by atoms with Gasteiger partial charge in [-0.15, -0.1) is 0 Å². The van der Waals surface area contributed by atoms with Crippen LogP contribution < -0.4 is 4.83 Å². The Morgan fingerprint density at radius 1 is 1.21 bits per heavy atom. The molecule has 0 atom stereocenters. The van der Waals surface area contributed by atoms with Gasteiger partial charge in [-0.25, -0.2) is 4.83 Å². The zero-order valence-corrected chi connectivity index (χ0v) is 13.7. The maximum Gasteiger partial charge on any atom is 0.311 e. The second-order valence-corrected chi connectivity index (χ2v) is 6.76. The van der Waals surface area contributed by atoms with Crippen LogP contribution in [0.4, 0.5) is 5.69 Å². The lowest BCUT2D eigenvalue weighted by Gasteiger charge is -2.07. The first-order chi connectivity index (χ1) is 11.2. The Labute approximate surface area is 138 Å². The number of benzene rings is 2. The molecule has 126 valence electrons. The number of hydrogen-bond acceptors (Lipinski definition) is 6. The molecular weight excluding hydrogens is 334 g/mol. The fourth-order valence-corrected chi connectivity index (χ4v) is 3.11. The van der Waals surface area contributed by atoms with Gasteiger partial charge in [0.1, 0.15) is 0 Å². The molecule has 0 amide bonds. The van der Waals surface area contributed by atoms with Gasteiger partial charge in [0.15, 0.2) is 5.75 Å². The van der Waals surface area contributed by atoms with E-state index in [9.17, 15) is 23.6 Å². The molecule has 2 aromatic rings. The normalized spacial score (nSPS) is 11.6. The van der Waals surface area contributed by atoms with Gasteiger partial charge in [-0.2, -0.15) is 13.5 Å². The number of rotatable bonds is 5. The quantitative estimate of drug-likeness (QED) is 0.487. The average molecular weight is 349 g/mol. The summed E-state index contributed by atoms with van der Waals surface area (Å²) in [7, 11) is -3.85. The van der Waals surface area contributed by atoms with E-state index < -0.39 is 26.4 Å². The molecule has 0 aliphatic rings. The first-order valence-electron chi connectivity index (χ1n) is 6.80. The van der Waals surface area contributed by atoms with E-state index in [1.807, 2.05) is 0 Å². The second kappa shape index (κ2) is 6.67. The van der Waals surface area contributed by atoms with Crippen LogP contribution in [0.15, 0.2) is 46.4 Å². The van der Waals surface area contributed by atoms with Gasteiger partial charge in [-0.05, 0) is 43.2 Å². The molecule has 2 rings (SSSR count). The molecule has 0 fully saturated rings. The van der Waals surface area contributed by atoms with E-state index in [-0.39, 0.29) is 10.5 Å². The lowest BCUT2D eigenvalue weighted by atomic mass is 10.2. The fraction of sp³-hybridized carbons (Fsp3) is 0.133. The Balaban J connectivity index is 2.23. The van der Waals surface area contributed by atoms with Gasteiger partial charge in [0.25, 0.3) is 10.0 Å². The number of aromatic hydroxyl groups is 1. The van der Waals surface area contributed by atoms with Crippen molar-refractivity contribution in [2.45, 2.75) is 18.7 Å². The number of hydrazone groups is 1. The van der Waals surface area contributed by atoms with Gasteiger partial charge in [0.2, 0.25) is 0 Å². The van der Waals surface area contributed by atoms with Gasteiger partial charge in [0, 0.05) is 11.6 Å². The van der Waals surface area contributed by atoms with Crippen LogP contribution in [0.5, 0.6) is 5.75 Å². The Morgan fingerprint density at radius 2 is 1.92 bits per heavy atom. The SMILES string of the molecule is Cc1ccc(C)c(S(=O)(=O)N/N=C/c2ccc(O)c([N+](=O)[O-])c2)c1. The van der Waals surface area contributed by atoms with Gasteiger partial charge in [-0.1, -0.05) is 12.1 Å². The summed E-state index contributed by atoms with van der Waals surface area (Å²) in [4.78, 5) is 12.2. The third-order valence-electron chi connectivity index (χ3n) is 3.22. The van der Waals surface area contributed by atoms with E-state index in [0.717, 1.165) is 23.9 Å². The van der Waals surface area contributed by atoms with Crippen molar-refractivity contribution >= 4 is 21.9 Å². The summed E-state index contributed by atoms with van der Waals surface area (Å²) in [5.41, 5.74) is 1.14. The number of aryl methyl sites for hydroxylation is 2. The minimum absolute atomic E-state index is 0.108. The molecule has 9 heteroatoms. The molecule has 0 spiro atoms. The first kappa shape index (κ1) is 17.4. The molecule has 8 nitrogen and oxygen atoms in total. The minimum Gasteiger partial charge on any atom is -0.502 e. The highest BCUT2D eigenvalue weighted by atomic mass is 32.2. The highest BCUT2D eigenvalue weighted by Crippen LogP contribution is 2.25. The molecule has 2 N–H and O–H groups in total. The number of phenolic OH excluding ortho intramolecular Hbond substituents is 1. The summed E-state index contributed by atoms with van der Waals surface area (Å²) in [5.74, 6) is -0.479. The van der Waals surface area contributed by atoms with Gasteiger partial charge in [0.05, 0.1) is 16.0 Å². The largest absolute Gasteiger partial charge is 0.502 e. The third kappa shape index (κ3) is 3.87. The zero-order valence-electron chi connectivity index (χ0n) is 12.9. The molecule has 0 aromatic heterocycles. The van der Waals surface area contributed by atoms with Crippen LogP contribution in [0.3, 0.4) is 0 Å². The van der Waals surface area contributed by atoms with E-state index in [1.54, 1.807) is 26.0 Å². The Morgan fingerprint density at radius 3 is 2.58 bits per heavy atom. The first-order valence-corrected chi connectivity index (χ1v) is 8.28. The van der Waals surface area contributed by atoms with Crippen molar-refractivity contribution in [3.8, 4) is 5.75 Å².